The van der Waals surface area contributed by atoms with Gasteiger partial charge in [0.15, 0.2) is 5.16 Å². The third kappa shape index (κ3) is 3.91. The highest BCUT2D eigenvalue weighted by Crippen LogP contribution is 2.26. The summed E-state index contributed by atoms with van der Waals surface area (Å²) >= 11 is 7.29. The number of amides is 2. The smallest absolute Gasteiger partial charge is 0.255 e. The molecule has 0 unspecified atom stereocenters. The highest BCUT2D eigenvalue weighted by molar-refractivity contribution is 7.98. The molecule has 4 N–H and O–H groups in total. The van der Waals surface area contributed by atoms with Crippen LogP contribution in [0.4, 0.5) is 11.5 Å². The van der Waals surface area contributed by atoms with Crippen LogP contribution in [0.15, 0.2) is 29.4 Å². The molecule has 0 fully saturated rings. The molecule has 0 aliphatic carbocycles. The number of aromatic nitrogens is 2. The Morgan fingerprint density at radius 1 is 1.30 bits per heavy atom. The lowest BCUT2D eigenvalue weighted by molar-refractivity contribution is 0.0961. The summed E-state index contributed by atoms with van der Waals surface area (Å²) in [4.78, 5) is 31.5. The Kier molecular flexibility index (Phi) is 5.41. The number of nitrogens with one attached hydrogen (secondary N) is 2. The van der Waals surface area contributed by atoms with Gasteiger partial charge in [-0.2, -0.15) is 0 Å². The maximum Gasteiger partial charge on any atom is 0.255 e. The lowest BCUT2D eigenvalue weighted by Crippen LogP contribution is -2.18. The quantitative estimate of drug-likeness (QED) is 0.432. The van der Waals surface area contributed by atoms with E-state index in [4.69, 9.17) is 17.3 Å². The Bertz CT molecular complexity index is 769. The maximum atomic E-state index is 11.7. The number of rotatable bonds is 5. The first-order valence-electron chi connectivity index (χ1n) is 6.46. The average molecular weight is 352 g/mol. The highest BCUT2D eigenvalue weighted by atomic mass is 35.5. The SMILES string of the molecule is CNC(=O)c1cccc(Nc2nc(SC)nc(Cl)c2C(N)=O)c1. The molecule has 0 saturated heterocycles. The molecule has 0 radical (unpaired) electrons. The summed E-state index contributed by atoms with van der Waals surface area (Å²) in [7, 11) is 1.54. The average Bonchev–Trinajstić information content (AvgIpc) is 2.53. The lowest BCUT2D eigenvalue weighted by Gasteiger charge is -2.12. The van der Waals surface area contributed by atoms with Crippen molar-refractivity contribution in [3.63, 3.8) is 0 Å². The van der Waals surface area contributed by atoms with E-state index in [0.717, 1.165) is 0 Å². The van der Waals surface area contributed by atoms with E-state index in [0.29, 0.717) is 16.4 Å². The predicted octanol–water partition coefficient (Wildman–Crippen LogP) is 2.05. The number of carbonyl (C=O) groups is 2. The second kappa shape index (κ2) is 7.30. The molecule has 2 rings (SSSR count). The first-order chi connectivity index (χ1) is 11.0. The van der Waals surface area contributed by atoms with Crippen LogP contribution in [-0.2, 0) is 0 Å². The van der Waals surface area contributed by atoms with Gasteiger partial charge in [0.05, 0.1) is 0 Å². The molecule has 1 aromatic heterocycles. The third-order valence-electron chi connectivity index (χ3n) is 2.89. The molecule has 0 aliphatic heterocycles. The summed E-state index contributed by atoms with van der Waals surface area (Å²) in [5, 5.41) is 5.86. The zero-order valence-electron chi connectivity index (χ0n) is 12.4. The predicted molar refractivity (Wildman–Crippen MR) is 90.5 cm³/mol. The van der Waals surface area contributed by atoms with Crippen molar-refractivity contribution >= 4 is 46.7 Å². The first-order valence-corrected chi connectivity index (χ1v) is 8.07. The summed E-state index contributed by atoms with van der Waals surface area (Å²) in [6, 6.07) is 6.72. The van der Waals surface area contributed by atoms with E-state index >= 15 is 0 Å². The van der Waals surface area contributed by atoms with Crippen LogP contribution >= 0.6 is 23.4 Å². The van der Waals surface area contributed by atoms with E-state index in [9.17, 15) is 9.59 Å². The lowest BCUT2D eigenvalue weighted by atomic mass is 10.2. The monoisotopic (exact) mass is 351 g/mol. The molecule has 120 valence electrons. The van der Waals surface area contributed by atoms with Gasteiger partial charge in [-0.05, 0) is 24.5 Å². The normalized spacial score (nSPS) is 10.2. The van der Waals surface area contributed by atoms with Gasteiger partial charge in [-0.1, -0.05) is 29.4 Å². The van der Waals surface area contributed by atoms with Crippen LogP contribution in [-0.4, -0.2) is 35.1 Å². The Labute approximate surface area is 142 Å². The summed E-state index contributed by atoms with van der Waals surface area (Å²) in [5.74, 6) is -0.780. The number of thioether (sulfide) groups is 1. The zero-order valence-corrected chi connectivity index (χ0v) is 14.0. The molecule has 9 heteroatoms. The Balaban J connectivity index is 2.45. The van der Waals surface area contributed by atoms with Gasteiger partial charge < -0.3 is 16.4 Å². The highest BCUT2D eigenvalue weighted by Gasteiger charge is 2.18. The minimum Gasteiger partial charge on any atom is -0.365 e. The Morgan fingerprint density at radius 3 is 2.65 bits per heavy atom. The summed E-state index contributed by atoms with van der Waals surface area (Å²) in [5.41, 5.74) is 6.37. The van der Waals surface area contributed by atoms with Crippen molar-refractivity contribution in [2.24, 2.45) is 5.73 Å². The van der Waals surface area contributed by atoms with Crippen molar-refractivity contribution in [2.75, 3.05) is 18.6 Å². The van der Waals surface area contributed by atoms with Gasteiger partial charge in [0.25, 0.3) is 11.8 Å². The molecule has 2 amide bonds. The van der Waals surface area contributed by atoms with Gasteiger partial charge in [-0.15, -0.1) is 0 Å². The molecule has 0 spiro atoms. The van der Waals surface area contributed by atoms with Gasteiger partial charge in [0, 0.05) is 18.3 Å². The number of primary amides is 1. The molecule has 1 heterocycles. The fourth-order valence-electron chi connectivity index (χ4n) is 1.83. The van der Waals surface area contributed by atoms with Gasteiger partial charge in [0.1, 0.15) is 16.5 Å². The zero-order chi connectivity index (χ0) is 17.0. The van der Waals surface area contributed by atoms with Gasteiger partial charge in [0.2, 0.25) is 0 Å². The molecule has 1 aromatic carbocycles. The number of nitrogens with zero attached hydrogens (tertiary/aromatic N) is 2. The van der Waals surface area contributed by atoms with Crippen molar-refractivity contribution in [1.82, 2.24) is 15.3 Å². The second-order valence-electron chi connectivity index (χ2n) is 4.37. The molecular formula is C14H14ClN5O2S. The van der Waals surface area contributed by atoms with Gasteiger partial charge in [-0.25, -0.2) is 9.97 Å². The number of anilines is 2. The van der Waals surface area contributed by atoms with E-state index < -0.39 is 5.91 Å². The molecule has 23 heavy (non-hydrogen) atoms. The largest absolute Gasteiger partial charge is 0.365 e. The van der Waals surface area contributed by atoms with E-state index in [1.54, 1.807) is 37.6 Å². The fraction of sp³-hybridized carbons (Fsp3) is 0.143. The molecular weight excluding hydrogens is 338 g/mol. The number of carbonyl (C=O) groups excluding carboxylic acids is 2. The molecule has 7 nitrogen and oxygen atoms in total. The minimum absolute atomic E-state index is 0.00480. The molecule has 0 saturated carbocycles. The van der Waals surface area contributed by atoms with Crippen LogP contribution in [0.3, 0.4) is 0 Å². The van der Waals surface area contributed by atoms with Crippen LogP contribution in [0.1, 0.15) is 20.7 Å². The van der Waals surface area contributed by atoms with Crippen LogP contribution in [0.25, 0.3) is 0 Å². The summed E-state index contributed by atoms with van der Waals surface area (Å²) in [6.07, 6.45) is 1.78. The van der Waals surface area contributed by atoms with Gasteiger partial charge in [-0.3, -0.25) is 9.59 Å². The summed E-state index contributed by atoms with van der Waals surface area (Å²) < 4.78 is 0. The minimum atomic E-state index is -0.743. The van der Waals surface area contributed by atoms with E-state index in [-0.39, 0.29) is 22.4 Å². The van der Waals surface area contributed by atoms with Crippen LogP contribution in [0.2, 0.25) is 5.15 Å². The summed E-state index contributed by atoms with van der Waals surface area (Å²) in [6.45, 7) is 0. The number of nitrogens with two attached hydrogens (primary N) is 1. The molecule has 0 aliphatic rings. The standard InChI is InChI=1S/C14H14ClN5O2S/c1-17-13(22)7-4-3-5-8(6-7)18-12-9(11(16)21)10(15)19-14(20-12)23-2/h3-6H,1-2H3,(H2,16,21)(H,17,22)(H,18,19,20). The van der Waals surface area contributed by atoms with Crippen LogP contribution in [0.5, 0.6) is 0 Å². The van der Waals surface area contributed by atoms with Crippen LogP contribution < -0.4 is 16.4 Å². The Morgan fingerprint density at radius 2 is 2.04 bits per heavy atom. The van der Waals surface area contributed by atoms with Crippen LogP contribution in [0, 0.1) is 0 Å². The first kappa shape index (κ1) is 17.0. The molecule has 0 atom stereocenters. The van der Waals surface area contributed by atoms with Gasteiger partial charge >= 0.3 is 0 Å². The Hall–Kier alpha value is -2.32. The van der Waals surface area contributed by atoms with Crippen molar-refractivity contribution < 1.29 is 9.59 Å². The van der Waals surface area contributed by atoms with E-state index in [2.05, 4.69) is 20.6 Å². The second-order valence-corrected chi connectivity index (χ2v) is 5.51. The number of benzene rings is 1. The maximum absolute atomic E-state index is 11.7. The number of hydrogen-bond acceptors (Lipinski definition) is 6. The topological polar surface area (TPSA) is 110 Å². The number of halogens is 1. The van der Waals surface area contributed by atoms with Crippen molar-refractivity contribution in [1.29, 1.82) is 0 Å². The van der Waals surface area contributed by atoms with E-state index in [1.807, 2.05) is 0 Å². The molecule has 2 aromatic rings. The van der Waals surface area contributed by atoms with Crippen molar-refractivity contribution in [3.8, 4) is 0 Å². The fourth-order valence-corrected chi connectivity index (χ4v) is 2.51. The third-order valence-corrected chi connectivity index (χ3v) is 3.71. The van der Waals surface area contributed by atoms with Crippen molar-refractivity contribution in [2.45, 2.75) is 5.16 Å². The van der Waals surface area contributed by atoms with Crippen molar-refractivity contribution in [3.05, 3.63) is 40.5 Å². The number of hydrogen-bond donors (Lipinski definition) is 3. The van der Waals surface area contributed by atoms with E-state index in [1.165, 1.54) is 11.8 Å². The molecule has 0 bridgehead atoms.